The van der Waals surface area contributed by atoms with Crippen LogP contribution in [0.1, 0.15) is 17.3 Å². The summed E-state index contributed by atoms with van der Waals surface area (Å²) in [6.07, 6.45) is 0. The number of benzene rings is 1. The van der Waals surface area contributed by atoms with E-state index in [1.807, 2.05) is 25.2 Å². The molecule has 18 heavy (non-hydrogen) atoms. The number of rotatable bonds is 3. The molecule has 1 heterocycles. The summed E-state index contributed by atoms with van der Waals surface area (Å²) in [4.78, 5) is 0. The number of hydrogen-bond acceptors (Lipinski definition) is 4. The third kappa shape index (κ3) is 2.69. The Kier molecular flexibility index (Phi) is 4.59. The second kappa shape index (κ2) is 5.83. The lowest BCUT2D eigenvalue weighted by Crippen LogP contribution is -2.31. The summed E-state index contributed by atoms with van der Waals surface area (Å²) in [5, 5.41) is 8.58. The third-order valence-electron chi connectivity index (χ3n) is 2.54. The van der Waals surface area contributed by atoms with E-state index in [1.165, 1.54) is 0 Å². The van der Waals surface area contributed by atoms with Crippen LogP contribution in [-0.2, 0) is 7.05 Å². The van der Waals surface area contributed by atoms with Gasteiger partial charge in [0.25, 0.3) is 0 Å². The SMILES string of the molecule is Cn1nnc(Br)c1C(NN)c1cc(Cl)ccc1I. The molecule has 2 rings (SSSR count). The fourth-order valence-electron chi connectivity index (χ4n) is 1.70. The molecule has 2 aromatic rings. The maximum atomic E-state index is 6.04. The van der Waals surface area contributed by atoms with Crippen molar-refractivity contribution < 1.29 is 0 Å². The van der Waals surface area contributed by atoms with Gasteiger partial charge in [-0.15, -0.1) is 5.10 Å². The van der Waals surface area contributed by atoms with Gasteiger partial charge in [-0.25, -0.2) is 10.1 Å². The number of hydrazine groups is 1. The minimum Gasteiger partial charge on any atom is -0.271 e. The van der Waals surface area contributed by atoms with Crippen LogP contribution in [0.3, 0.4) is 0 Å². The second-order valence-electron chi connectivity index (χ2n) is 3.65. The molecule has 0 bridgehead atoms. The summed E-state index contributed by atoms with van der Waals surface area (Å²) in [6, 6.07) is 5.44. The van der Waals surface area contributed by atoms with Gasteiger partial charge in [-0.2, -0.15) is 0 Å². The van der Waals surface area contributed by atoms with Crippen LogP contribution in [0.4, 0.5) is 0 Å². The summed E-state index contributed by atoms with van der Waals surface area (Å²) in [7, 11) is 1.81. The Morgan fingerprint density at radius 3 is 2.83 bits per heavy atom. The fraction of sp³-hybridized carbons (Fsp3) is 0.200. The third-order valence-corrected chi connectivity index (χ3v) is 4.32. The van der Waals surface area contributed by atoms with Crippen molar-refractivity contribution in [3.05, 3.63) is 42.7 Å². The Labute approximate surface area is 131 Å². The summed E-state index contributed by atoms with van der Waals surface area (Å²) in [5.74, 6) is 5.67. The summed E-state index contributed by atoms with van der Waals surface area (Å²) in [6.45, 7) is 0. The second-order valence-corrected chi connectivity index (χ2v) is 6.00. The Morgan fingerprint density at radius 1 is 1.56 bits per heavy atom. The average molecular weight is 442 g/mol. The van der Waals surface area contributed by atoms with E-state index in [-0.39, 0.29) is 6.04 Å². The number of nitrogens with one attached hydrogen (secondary N) is 1. The highest BCUT2D eigenvalue weighted by Gasteiger charge is 2.22. The Balaban J connectivity index is 2.55. The van der Waals surface area contributed by atoms with Gasteiger partial charge < -0.3 is 0 Å². The predicted molar refractivity (Wildman–Crippen MR) is 82.0 cm³/mol. The van der Waals surface area contributed by atoms with Crippen molar-refractivity contribution in [2.75, 3.05) is 0 Å². The highest BCUT2D eigenvalue weighted by Crippen LogP contribution is 2.30. The normalized spacial score (nSPS) is 12.7. The van der Waals surface area contributed by atoms with Crippen LogP contribution in [0.15, 0.2) is 22.8 Å². The summed E-state index contributed by atoms with van der Waals surface area (Å²) >= 11 is 11.7. The summed E-state index contributed by atoms with van der Waals surface area (Å²) in [5.41, 5.74) is 4.60. The van der Waals surface area contributed by atoms with Crippen LogP contribution < -0.4 is 11.3 Å². The van der Waals surface area contributed by atoms with Gasteiger partial charge in [0.05, 0.1) is 11.7 Å². The van der Waals surface area contributed by atoms with Gasteiger partial charge in [0, 0.05) is 15.6 Å². The predicted octanol–water partition coefficient (Wildman–Crippen LogP) is 2.39. The van der Waals surface area contributed by atoms with Crippen molar-refractivity contribution in [3.8, 4) is 0 Å². The van der Waals surface area contributed by atoms with Crippen LogP contribution in [0.2, 0.25) is 5.02 Å². The monoisotopic (exact) mass is 441 g/mol. The number of nitrogens with zero attached hydrogens (tertiary/aromatic N) is 3. The molecule has 3 N–H and O–H groups in total. The molecule has 8 heteroatoms. The zero-order chi connectivity index (χ0) is 13.3. The molecule has 0 spiro atoms. The summed E-state index contributed by atoms with van der Waals surface area (Å²) < 4.78 is 3.39. The lowest BCUT2D eigenvalue weighted by molar-refractivity contribution is 0.567. The molecule has 5 nitrogen and oxygen atoms in total. The maximum absolute atomic E-state index is 6.04. The Bertz CT molecular complexity index is 554. The molecule has 1 atom stereocenters. The molecular weight excluding hydrogens is 432 g/mol. The van der Waals surface area contributed by atoms with E-state index < -0.39 is 0 Å². The molecule has 0 aliphatic carbocycles. The number of nitrogens with two attached hydrogens (primary N) is 1. The smallest absolute Gasteiger partial charge is 0.153 e. The van der Waals surface area contributed by atoms with Crippen molar-refractivity contribution >= 4 is 50.1 Å². The maximum Gasteiger partial charge on any atom is 0.153 e. The quantitative estimate of drug-likeness (QED) is 0.435. The van der Waals surface area contributed by atoms with E-state index >= 15 is 0 Å². The molecule has 1 unspecified atom stereocenters. The molecule has 0 saturated heterocycles. The van der Waals surface area contributed by atoms with Crippen molar-refractivity contribution in [1.82, 2.24) is 20.4 Å². The van der Waals surface area contributed by atoms with Crippen LogP contribution in [0.5, 0.6) is 0 Å². The van der Waals surface area contributed by atoms with Gasteiger partial charge in [-0.3, -0.25) is 5.84 Å². The van der Waals surface area contributed by atoms with Crippen molar-refractivity contribution in [3.63, 3.8) is 0 Å². The average Bonchev–Trinajstić information content (AvgIpc) is 2.66. The zero-order valence-corrected chi connectivity index (χ0v) is 13.9. The standard InChI is InChI=1S/C10H10BrClIN5/c1-18-9(10(11)16-17-18)8(15-14)6-4-5(12)2-3-7(6)13/h2-4,8,15H,14H2,1H3. The first kappa shape index (κ1) is 14.2. The number of halogens is 3. The minimum atomic E-state index is -0.232. The first-order chi connectivity index (χ1) is 8.54. The molecular formula is C10H10BrClIN5. The molecule has 1 aromatic carbocycles. The van der Waals surface area contributed by atoms with E-state index in [0.29, 0.717) is 9.63 Å². The van der Waals surface area contributed by atoms with Gasteiger partial charge in [0.15, 0.2) is 4.60 Å². The molecule has 0 fully saturated rings. The number of aryl methyl sites for hydroxylation is 1. The van der Waals surface area contributed by atoms with E-state index in [0.717, 1.165) is 14.8 Å². The van der Waals surface area contributed by atoms with E-state index in [9.17, 15) is 0 Å². The molecule has 1 aromatic heterocycles. The van der Waals surface area contributed by atoms with E-state index in [4.69, 9.17) is 17.4 Å². The van der Waals surface area contributed by atoms with Crippen molar-refractivity contribution in [1.29, 1.82) is 0 Å². The zero-order valence-electron chi connectivity index (χ0n) is 9.36. The largest absolute Gasteiger partial charge is 0.271 e. The molecule has 96 valence electrons. The van der Waals surface area contributed by atoms with Crippen molar-refractivity contribution in [2.45, 2.75) is 6.04 Å². The van der Waals surface area contributed by atoms with Gasteiger partial charge in [0.1, 0.15) is 0 Å². The Morgan fingerprint density at radius 2 is 2.28 bits per heavy atom. The van der Waals surface area contributed by atoms with E-state index in [2.05, 4.69) is 54.3 Å². The minimum absolute atomic E-state index is 0.232. The molecule has 0 saturated carbocycles. The molecule has 0 aliphatic rings. The van der Waals surface area contributed by atoms with Gasteiger partial charge in [-0.05, 0) is 62.3 Å². The van der Waals surface area contributed by atoms with Crippen LogP contribution in [0.25, 0.3) is 0 Å². The van der Waals surface area contributed by atoms with Crippen molar-refractivity contribution in [2.24, 2.45) is 12.9 Å². The molecule has 0 amide bonds. The van der Waals surface area contributed by atoms with Crippen LogP contribution in [-0.4, -0.2) is 15.0 Å². The first-order valence-corrected chi connectivity index (χ1v) is 7.25. The van der Waals surface area contributed by atoms with Gasteiger partial charge in [0.2, 0.25) is 0 Å². The first-order valence-electron chi connectivity index (χ1n) is 5.00. The highest BCUT2D eigenvalue weighted by atomic mass is 127. The lowest BCUT2D eigenvalue weighted by atomic mass is 10.1. The fourth-order valence-corrected chi connectivity index (χ4v) is 3.08. The number of hydrogen-bond donors (Lipinski definition) is 2. The lowest BCUT2D eigenvalue weighted by Gasteiger charge is -2.18. The number of aromatic nitrogens is 3. The highest BCUT2D eigenvalue weighted by molar-refractivity contribution is 14.1. The van der Waals surface area contributed by atoms with Gasteiger partial charge in [-0.1, -0.05) is 16.8 Å². The van der Waals surface area contributed by atoms with Gasteiger partial charge >= 0.3 is 0 Å². The molecule has 0 radical (unpaired) electrons. The molecule has 0 aliphatic heterocycles. The Hall–Kier alpha value is -0.220. The van der Waals surface area contributed by atoms with Crippen LogP contribution in [0, 0.1) is 3.57 Å². The van der Waals surface area contributed by atoms with Crippen LogP contribution >= 0.6 is 50.1 Å². The van der Waals surface area contributed by atoms with E-state index in [1.54, 1.807) is 4.68 Å². The topological polar surface area (TPSA) is 68.8 Å².